The molecule has 1 N–H and O–H groups in total. The highest BCUT2D eigenvalue weighted by molar-refractivity contribution is 9.10. The Balaban J connectivity index is 2.21. The maximum atomic E-state index is 12.1. The van der Waals surface area contributed by atoms with Gasteiger partial charge in [-0.3, -0.25) is 4.79 Å². The SMILES string of the molecule is C=CCNc1c(Br)cnn(CC2CCC2)c1=O. The highest BCUT2D eigenvalue weighted by Gasteiger charge is 2.19. The van der Waals surface area contributed by atoms with E-state index >= 15 is 0 Å². The Morgan fingerprint density at radius 1 is 1.65 bits per heavy atom. The molecule has 92 valence electrons. The van der Waals surface area contributed by atoms with Crippen LogP contribution >= 0.6 is 15.9 Å². The molecule has 0 atom stereocenters. The first-order valence-electron chi connectivity index (χ1n) is 5.82. The maximum absolute atomic E-state index is 12.1. The number of halogens is 1. The fraction of sp³-hybridized carbons (Fsp3) is 0.500. The van der Waals surface area contributed by atoms with E-state index in [4.69, 9.17) is 0 Å². The summed E-state index contributed by atoms with van der Waals surface area (Å²) in [5.74, 6) is 0.619. The van der Waals surface area contributed by atoms with Crippen LogP contribution in [0.5, 0.6) is 0 Å². The van der Waals surface area contributed by atoms with E-state index in [1.165, 1.54) is 19.3 Å². The first-order valence-corrected chi connectivity index (χ1v) is 6.62. The van der Waals surface area contributed by atoms with Crippen LogP contribution in [-0.4, -0.2) is 16.3 Å². The van der Waals surface area contributed by atoms with E-state index in [0.717, 1.165) is 6.54 Å². The van der Waals surface area contributed by atoms with Crippen LogP contribution in [0, 0.1) is 5.92 Å². The Morgan fingerprint density at radius 3 is 3.00 bits per heavy atom. The van der Waals surface area contributed by atoms with Crippen LogP contribution in [0.4, 0.5) is 5.69 Å². The van der Waals surface area contributed by atoms with Crippen molar-refractivity contribution in [2.24, 2.45) is 5.92 Å². The predicted molar refractivity (Wildman–Crippen MR) is 72.2 cm³/mol. The van der Waals surface area contributed by atoms with Crippen molar-refractivity contribution >= 4 is 21.6 Å². The van der Waals surface area contributed by atoms with E-state index < -0.39 is 0 Å². The molecular formula is C12H16BrN3O. The summed E-state index contributed by atoms with van der Waals surface area (Å²) in [5, 5.41) is 7.20. The fourth-order valence-corrected chi connectivity index (χ4v) is 2.25. The van der Waals surface area contributed by atoms with Gasteiger partial charge in [0.2, 0.25) is 0 Å². The molecule has 1 saturated carbocycles. The molecule has 0 aliphatic heterocycles. The predicted octanol–water partition coefficient (Wildman–Crippen LogP) is 2.40. The topological polar surface area (TPSA) is 46.9 Å². The Hall–Kier alpha value is -1.10. The van der Waals surface area contributed by atoms with Crippen LogP contribution in [0.25, 0.3) is 0 Å². The lowest BCUT2D eigenvalue weighted by molar-refractivity contribution is 0.262. The minimum atomic E-state index is -0.0619. The van der Waals surface area contributed by atoms with Gasteiger partial charge in [-0.25, -0.2) is 4.68 Å². The van der Waals surface area contributed by atoms with Crippen molar-refractivity contribution in [2.75, 3.05) is 11.9 Å². The number of hydrogen-bond donors (Lipinski definition) is 1. The second-order valence-corrected chi connectivity index (χ2v) is 5.18. The normalized spacial score (nSPS) is 15.4. The zero-order valence-corrected chi connectivity index (χ0v) is 11.2. The number of rotatable bonds is 5. The third kappa shape index (κ3) is 2.77. The van der Waals surface area contributed by atoms with Crippen molar-refractivity contribution in [3.8, 4) is 0 Å². The molecule has 1 heterocycles. The molecule has 1 aromatic rings. The summed E-state index contributed by atoms with van der Waals surface area (Å²) in [6.45, 7) is 4.93. The molecule has 5 heteroatoms. The molecule has 1 aliphatic carbocycles. The lowest BCUT2D eigenvalue weighted by atomic mass is 9.85. The Kier molecular flexibility index (Phi) is 3.99. The van der Waals surface area contributed by atoms with Crippen LogP contribution < -0.4 is 10.9 Å². The quantitative estimate of drug-likeness (QED) is 0.849. The van der Waals surface area contributed by atoms with Crippen molar-refractivity contribution in [3.05, 3.63) is 33.7 Å². The Bertz CT molecular complexity index is 465. The lowest BCUT2D eigenvalue weighted by Gasteiger charge is -2.25. The van der Waals surface area contributed by atoms with E-state index in [0.29, 0.717) is 22.6 Å². The van der Waals surface area contributed by atoms with Crippen molar-refractivity contribution in [2.45, 2.75) is 25.8 Å². The monoisotopic (exact) mass is 297 g/mol. The zero-order chi connectivity index (χ0) is 12.3. The van der Waals surface area contributed by atoms with Gasteiger partial charge >= 0.3 is 0 Å². The minimum absolute atomic E-state index is 0.0619. The second kappa shape index (κ2) is 5.49. The van der Waals surface area contributed by atoms with Crippen molar-refractivity contribution in [1.29, 1.82) is 0 Å². The van der Waals surface area contributed by atoms with Gasteiger partial charge in [0.25, 0.3) is 5.56 Å². The number of nitrogens with one attached hydrogen (secondary N) is 1. The molecule has 0 bridgehead atoms. The molecule has 0 aromatic carbocycles. The molecule has 0 amide bonds. The molecule has 0 saturated heterocycles. The molecule has 1 fully saturated rings. The van der Waals surface area contributed by atoms with Gasteiger partial charge < -0.3 is 5.32 Å². The Labute approximate surface area is 109 Å². The van der Waals surface area contributed by atoms with Crippen molar-refractivity contribution in [1.82, 2.24) is 9.78 Å². The van der Waals surface area contributed by atoms with E-state index in [9.17, 15) is 4.79 Å². The van der Waals surface area contributed by atoms with Crippen LogP contribution in [0.3, 0.4) is 0 Å². The molecule has 4 nitrogen and oxygen atoms in total. The first-order chi connectivity index (χ1) is 8.22. The summed E-state index contributed by atoms with van der Waals surface area (Å²) < 4.78 is 2.26. The molecule has 0 unspecified atom stereocenters. The zero-order valence-electron chi connectivity index (χ0n) is 9.66. The molecule has 17 heavy (non-hydrogen) atoms. The second-order valence-electron chi connectivity index (χ2n) is 4.32. The molecule has 0 radical (unpaired) electrons. The molecule has 0 spiro atoms. The molecule has 2 rings (SSSR count). The Morgan fingerprint density at radius 2 is 2.41 bits per heavy atom. The van der Waals surface area contributed by atoms with Gasteiger partial charge in [0.15, 0.2) is 0 Å². The minimum Gasteiger partial charge on any atom is -0.376 e. The van der Waals surface area contributed by atoms with Gasteiger partial charge in [0.1, 0.15) is 5.69 Å². The summed E-state index contributed by atoms with van der Waals surface area (Å²) in [6.07, 6.45) is 7.09. The van der Waals surface area contributed by atoms with Crippen LogP contribution in [0.2, 0.25) is 0 Å². The van der Waals surface area contributed by atoms with Gasteiger partial charge in [-0.05, 0) is 34.7 Å². The first kappa shape index (κ1) is 12.4. The molecular weight excluding hydrogens is 282 g/mol. The van der Waals surface area contributed by atoms with E-state index in [1.807, 2.05) is 0 Å². The summed E-state index contributed by atoms with van der Waals surface area (Å²) in [7, 11) is 0. The summed E-state index contributed by atoms with van der Waals surface area (Å²) in [5.41, 5.74) is 0.507. The third-order valence-electron chi connectivity index (χ3n) is 3.08. The molecule has 1 aromatic heterocycles. The van der Waals surface area contributed by atoms with E-state index in [-0.39, 0.29) is 5.56 Å². The summed E-state index contributed by atoms with van der Waals surface area (Å²) >= 11 is 3.34. The van der Waals surface area contributed by atoms with Crippen molar-refractivity contribution in [3.63, 3.8) is 0 Å². The maximum Gasteiger partial charge on any atom is 0.291 e. The van der Waals surface area contributed by atoms with Crippen molar-refractivity contribution < 1.29 is 0 Å². The fourth-order valence-electron chi connectivity index (χ4n) is 1.85. The standard InChI is InChI=1S/C12H16BrN3O/c1-2-6-14-11-10(13)7-15-16(12(11)17)8-9-4-3-5-9/h2,7,9,14H,1,3-6,8H2. The summed E-state index contributed by atoms with van der Waals surface area (Å²) in [4.78, 5) is 12.1. The van der Waals surface area contributed by atoms with Gasteiger partial charge in [-0.2, -0.15) is 5.10 Å². The van der Waals surface area contributed by atoms with E-state index in [2.05, 4.69) is 32.9 Å². The van der Waals surface area contributed by atoms with Gasteiger partial charge in [-0.1, -0.05) is 12.5 Å². The highest BCUT2D eigenvalue weighted by atomic mass is 79.9. The van der Waals surface area contributed by atoms with Crippen LogP contribution in [0.15, 0.2) is 28.1 Å². The van der Waals surface area contributed by atoms with E-state index in [1.54, 1.807) is 17.0 Å². The van der Waals surface area contributed by atoms with Gasteiger partial charge in [0.05, 0.1) is 10.7 Å². The average molecular weight is 298 g/mol. The molecule has 1 aliphatic rings. The third-order valence-corrected chi connectivity index (χ3v) is 3.68. The largest absolute Gasteiger partial charge is 0.376 e. The lowest BCUT2D eigenvalue weighted by Crippen LogP contribution is -2.30. The summed E-state index contributed by atoms with van der Waals surface area (Å²) in [6, 6.07) is 0. The van der Waals surface area contributed by atoms with Crippen LogP contribution in [-0.2, 0) is 6.54 Å². The highest BCUT2D eigenvalue weighted by Crippen LogP contribution is 2.27. The number of anilines is 1. The number of aromatic nitrogens is 2. The number of hydrogen-bond acceptors (Lipinski definition) is 3. The van der Waals surface area contributed by atoms with Gasteiger partial charge in [-0.15, -0.1) is 6.58 Å². The van der Waals surface area contributed by atoms with Crippen LogP contribution in [0.1, 0.15) is 19.3 Å². The number of nitrogens with zero attached hydrogens (tertiary/aromatic N) is 2. The average Bonchev–Trinajstić information content (AvgIpc) is 2.25. The van der Waals surface area contributed by atoms with Gasteiger partial charge in [0, 0.05) is 13.1 Å². The smallest absolute Gasteiger partial charge is 0.291 e.